The largest absolute Gasteiger partial charge is 0.334 e. The number of ketones is 1. The summed E-state index contributed by atoms with van der Waals surface area (Å²) in [4.78, 5) is 16.8. The summed E-state index contributed by atoms with van der Waals surface area (Å²) in [5.41, 5.74) is 5.57. The molecule has 1 aliphatic rings. The second-order valence-corrected chi connectivity index (χ2v) is 6.53. The van der Waals surface area contributed by atoms with E-state index in [1.165, 1.54) is 0 Å². The molecule has 0 saturated heterocycles. The Morgan fingerprint density at radius 2 is 2.12 bits per heavy atom. The number of allylic oxidation sites excluding steroid dienone is 2. The zero-order valence-corrected chi connectivity index (χ0v) is 15.0. The van der Waals surface area contributed by atoms with Crippen LogP contribution in [-0.4, -0.2) is 21.9 Å². The smallest absolute Gasteiger partial charge is 0.162 e. The van der Waals surface area contributed by atoms with Gasteiger partial charge in [0.2, 0.25) is 0 Å². The van der Waals surface area contributed by atoms with Crippen molar-refractivity contribution in [3.05, 3.63) is 60.3 Å². The minimum Gasteiger partial charge on any atom is -0.334 e. The summed E-state index contributed by atoms with van der Waals surface area (Å²) in [6.45, 7) is 5.74. The lowest BCUT2D eigenvalue weighted by Crippen LogP contribution is -2.40. The molecule has 1 heterocycles. The number of nitrogens with one attached hydrogen (secondary N) is 1. The predicted octanol–water partition coefficient (Wildman–Crippen LogP) is 3.48. The Bertz CT molecular complexity index is 735. The molecule has 2 aromatic rings. The fourth-order valence-corrected chi connectivity index (χ4v) is 3.19. The molecule has 5 heteroatoms. The van der Waals surface area contributed by atoms with E-state index in [1.54, 1.807) is 12.3 Å². The van der Waals surface area contributed by atoms with Gasteiger partial charge in [0.25, 0.3) is 0 Å². The van der Waals surface area contributed by atoms with Gasteiger partial charge in [0.1, 0.15) is 5.82 Å². The van der Waals surface area contributed by atoms with E-state index in [0.717, 1.165) is 43.0 Å². The maximum Gasteiger partial charge on any atom is 0.162 e. The van der Waals surface area contributed by atoms with E-state index in [4.69, 9.17) is 0 Å². The summed E-state index contributed by atoms with van der Waals surface area (Å²) in [7, 11) is 0. The zero-order chi connectivity index (χ0) is 17.6. The first-order chi connectivity index (χ1) is 12.2. The number of aromatic nitrogens is 2. The van der Waals surface area contributed by atoms with Crippen molar-refractivity contribution in [1.82, 2.24) is 15.0 Å². The second-order valence-electron chi connectivity index (χ2n) is 6.53. The third-order valence-corrected chi connectivity index (χ3v) is 4.62. The second kappa shape index (κ2) is 8.01. The van der Waals surface area contributed by atoms with Crippen LogP contribution in [0.5, 0.6) is 0 Å². The first-order valence-corrected chi connectivity index (χ1v) is 8.98. The summed E-state index contributed by atoms with van der Waals surface area (Å²) in [5, 5.41) is 2.12. The van der Waals surface area contributed by atoms with Gasteiger partial charge < -0.3 is 9.99 Å². The molecule has 1 aromatic heterocycles. The summed E-state index contributed by atoms with van der Waals surface area (Å²) < 4.78 is 2.06. The van der Waals surface area contributed by atoms with Crippen molar-refractivity contribution in [2.24, 2.45) is 5.92 Å². The van der Waals surface area contributed by atoms with Crippen LogP contribution in [0.25, 0.3) is 0 Å². The van der Waals surface area contributed by atoms with Gasteiger partial charge in [-0.2, -0.15) is 0 Å². The van der Waals surface area contributed by atoms with E-state index in [0.29, 0.717) is 6.54 Å². The molecule has 0 radical (unpaired) electrons. The molecule has 0 aliphatic heterocycles. The average Bonchev–Trinajstić information content (AvgIpc) is 3.02. The number of aryl methyl sites for hydroxylation is 1. The van der Waals surface area contributed by atoms with Crippen molar-refractivity contribution in [2.75, 3.05) is 11.6 Å². The van der Waals surface area contributed by atoms with E-state index < -0.39 is 0 Å². The first kappa shape index (κ1) is 17.3. The van der Waals surface area contributed by atoms with E-state index >= 15 is 0 Å². The molecule has 0 fully saturated rings. The minimum absolute atomic E-state index is 0.0369. The highest BCUT2D eigenvalue weighted by atomic mass is 16.1. The van der Waals surface area contributed by atoms with Crippen molar-refractivity contribution in [3.8, 4) is 0 Å². The number of hydrogen-bond donors (Lipinski definition) is 1. The molecule has 3 rings (SSSR count). The summed E-state index contributed by atoms with van der Waals surface area (Å²) in [6, 6.07) is 10.2. The van der Waals surface area contributed by atoms with Gasteiger partial charge >= 0.3 is 0 Å². The van der Waals surface area contributed by atoms with Crippen LogP contribution < -0.4 is 10.4 Å². The van der Waals surface area contributed by atoms with E-state index in [-0.39, 0.29) is 11.7 Å². The van der Waals surface area contributed by atoms with Gasteiger partial charge in [-0.05, 0) is 38.3 Å². The quantitative estimate of drug-likeness (QED) is 0.785. The SMILES string of the molecule is CCCN(NC1=CC(=O)C(Cn2ccnc2C)CC1)c1ccccc1. The number of nitrogens with zero attached hydrogens (tertiary/aromatic N) is 3. The molecule has 5 nitrogen and oxygen atoms in total. The maximum absolute atomic E-state index is 12.5. The summed E-state index contributed by atoms with van der Waals surface area (Å²) >= 11 is 0. The highest BCUT2D eigenvalue weighted by Crippen LogP contribution is 2.23. The van der Waals surface area contributed by atoms with Crippen molar-refractivity contribution in [2.45, 2.75) is 39.7 Å². The topological polar surface area (TPSA) is 50.2 Å². The predicted molar refractivity (Wildman–Crippen MR) is 100.0 cm³/mol. The van der Waals surface area contributed by atoms with Gasteiger partial charge in [0.05, 0.1) is 5.69 Å². The van der Waals surface area contributed by atoms with E-state index in [2.05, 4.69) is 39.0 Å². The van der Waals surface area contributed by atoms with Crippen LogP contribution in [0, 0.1) is 12.8 Å². The number of imidazole rings is 1. The Morgan fingerprint density at radius 1 is 1.32 bits per heavy atom. The molecular formula is C20H26N4O. The Balaban J connectivity index is 1.66. The molecule has 1 N–H and O–H groups in total. The molecule has 0 spiro atoms. The molecule has 132 valence electrons. The number of carbonyl (C=O) groups is 1. The number of anilines is 1. The molecule has 25 heavy (non-hydrogen) atoms. The fourth-order valence-electron chi connectivity index (χ4n) is 3.19. The summed E-state index contributed by atoms with van der Waals surface area (Å²) in [6.07, 6.45) is 8.30. The minimum atomic E-state index is 0.0369. The van der Waals surface area contributed by atoms with Crippen LogP contribution in [0.4, 0.5) is 5.69 Å². The molecular weight excluding hydrogens is 312 g/mol. The third-order valence-electron chi connectivity index (χ3n) is 4.62. The van der Waals surface area contributed by atoms with Gasteiger partial charge in [-0.3, -0.25) is 9.80 Å². The Morgan fingerprint density at radius 3 is 2.76 bits per heavy atom. The zero-order valence-electron chi connectivity index (χ0n) is 15.0. The van der Waals surface area contributed by atoms with Crippen molar-refractivity contribution in [3.63, 3.8) is 0 Å². The van der Waals surface area contributed by atoms with Gasteiger partial charge in [0.15, 0.2) is 5.78 Å². The number of rotatable bonds is 7. The number of hydrogen-bond acceptors (Lipinski definition) is 4. The van der Waals surface area contributed by atoms with Gasteiger partial charge in [-0.25, -0.2) is 4.98 Å². The van der Waals surface area contributed by atoms with Crippen LogP contribution in [0.3, 0.4) is 0 Å². The number of carbonyl (C=O) groups excluding carboxylic acids is 1. The van der Waals surface area contributed by atoms with Crippen LogP contribution in [0.2, 0.25) is 0 Å². The standard InChI is InChI=1S/C20H26N4O/c1-3-12-24(19-7-5-4-6-8-19)22-18-10-9-17(20(25)14-18)15-23-13-11-21-16(23)2/h4-8,11,13-14,17,22H,3,9-10,12,15H2,1-2H3. The molecule has 0 bridgehead atoms. The Kier molecular flexibility index (Phi) is 5.53. The monoisotopic (exact) mass is 338 g/mol. The van der Waals surface area contributed by atoms with Crippen molar-refractivity contribution < 1.29 is 4.79 Å². The molecule has 1 aromatic carbocycles. The van der Waals surface area contributed by atoms with Crippen LogP contribution in [0.15, 0.2) is 54.5 Å². The van der Waals surface area contributed by atoms with Gasteiger partial charge in [-0.15, -0.1) is 0 Å². The van der Waals surface area contributed by atoms with Crippen LogP contribution in [-0.2, 0) is 11.3 Å². The molecule has 0 saturated carbocycles. The molecule has 1 atom stereocenters. The Labute approximate surface area is 149 Å². The highest BCUT2D eigenvalue weighted by Gasteiger charge is 2.24. The van der Waals surface area contributed by atoms with E-state index in [1.807, 2.05) is 31.3 Å². The number of benzene rings is 1. The normalized spacial score (nSPS) is 17.3. The Hall–Kier alpha value is -2.56. The molecule has 1 aliphatic carbocycles. The van der Waals surface area contributed by atoms with Crippen LogP contribution >= 0.6 is 0 Å². The number of hydrazine groups is 1. The number of para-hydroxylation sites is 1. The third kappa shape index (κ3) is 4.29. The van der Waals surface area contributed by atoms with Crippen molar-refractivity contribution in [1.29, 1.82) is 0 Å². The van der Waals surface area contributed by atoms with Crippen molar-refractivity contribution >= 4 is 11.5 Å². The average molecular weight is 338 g/mol. The van der Waals surface area contributed by atoms with E-state index in [9.17, 15) is 4.79 Å². The van der Waals surface area contributed by atoms with Gasteiger partial charge in [0, 0.05) is 43.2 Å². The van der Waals surface area contributed by atoms with Crippen LogP contribution in [0.1, 0.15) is 32.0 Å². The maximum atomic E-state index is 12.5. The molecule has 0 amide bonds. The fraction of sp³-hybridized carbons (Fsp3) is 0.400. The molecule has 1 unspecified atom stereocenters. The lowest BCUT2D eigenvalue weighted by Gasteiger charge is -2.30. The summed E-state index contributed by atoms with van der Waals surface area (Å²) in [5.74, 6) is 1.19. The van der Waals surface area contributed by atoms with Gasteiger partial charge in [-0.1, -0.05) is 25.1 Å². The lowest BCUT2D eigenvalue weighted by atomic mass is 9.91. The lowest BCUT2D eigenvalue weighted by molar-refractivity contribution is -0.119. The highest BCUT2D eigenvalue weighted by molar-refractivity contribution is 5.93. The first-order valence-electron chi connectivity index (χ1n) is 8.98.